The van der Waals surface area contributed by atoms with Crippen LogP contribution in [-0.2, 0) is 23.8 Å². The van der Waals surface area contributed by atoms with Gasteiger partial charge < -0.3 is 19.3 Å². The molecule has 0 spiro atoms. The second-order valence-electron chi connectivity index (χ2n) is 5.73. The van der Waals surface area contributed by atoms with Gasteiger partial charge in [0.2, 0.25) is 0 Å². The van der Waals surface area contributed by atoms with Gasteiger partial charge in [0.1, 0.15) is 6.10 Å². The molecule has 0 aromatic carbocycles. The summed E-state index contributed by atoms with van der Waals surface area (Å²) in [6.07, 6.45) is -0.847. The number of hydrogen-bond donors (Lipinski definition) is 1. The van der Waals surface area contributed by atoms with Gasteiger partial charge >= 0.3 is 11.9 Å². The van der Waals surface area contributed by atoms with Gasteiger partial charge in [0.05, 0.1) is 17.9 Å². The molecule has 19 heavy (non-hydrogen) atoms. The van der Waals surface area contributed by atoms with E-state index in [4.69, 9.17) is 19.3 Å². The van der Waals surface area contributed by atoms with Gasteiger partial charge in [-0.1, -0.05) is 13.8 Å². The molecule has 3 rings (SSSR count). The summed E-state index contributed by atoms with van der Waals surface area (Å²) in [7, 11) is 0. The first-order chi connectivity index (χ1) is 9.02. The molecule has 6 heteroatoms. The summed E-state index contributed by atoms with van der Waals surface area (Å²) in [6.45, 7) is 3.44. The lowest BCUT2D eigenvalue weighted by Gasteiger charge is -2.25. The molecule has 2 bridgehead atoms. The third-order valence-corrected chi connectivity index (χ3v) is 4.55. The highest BCUT2D eigenvalue weighted by atomic mass is 16.7. The molecule has 0 saturated carbocycles. The van der Waals surface area contributed by atoms with E-state index in [1.54, 1.807) is 13.8 Å². The van der Waals surface area contributed by atoms with E-state index >= 15 is 0 Å². The summed E-state index contributed by atoms with van der Waals surface area (Å²) >= 11 is 0. The number of aliphatic hydroxyl groups is 1. The van der Waals surface area contributed by atoms with Gasteiger partial charge in [0, 0.05) is 6.61 Å². The lowest BCUT2D eigenvalue weighted by molar-refractivity contribution is -0.165. The molecule has 7 atom stereocenters. The standard InChI is InChI=1S/C13H18O6/c1-5(4-14)6(2)12(15)18-10-8-3-7-9(17-8)11(10)19-13(7)16/h5-11,14H,3-4H2,1-2H3. The maximum Gasteiger partial charge on any atom is 0.312 e. The molecule has 3 aliphatic heterocycles. The Hall–Kier alpha value is -1.14. The SMILES string of the molecule is CC(CO)C(C)C(=O)OC1C2CC3C(=O)OC1C3O2. The predicted molar refractivity (Wildman–Crippen MR) is 61.9 cm³/mol. The van der Waals surface area contributed by atoms with Crippen LogP contribution in [0, 0.1) is 17.8 Å². The monoisotopic (exact) mass is 270 g/mol. The van der Waals surface area contributed by atoms with Crippen molar-refractivity contribution in [1.29, 1.82) is 0 Å². The van der Waals surface area contributed by atoms with Crippen LogP contribution in [0.2, 0.25) is 0 Å². The quantitative estimate of drug-likeness (QED) is 0.717. The van der Waals surface area contributed by atoms with Crippen LogP contribution < -0.4 is 0 Å². The minimum atomic E-state index is -0.492. The third-order valence-electron chi connectivity index (χ3n) is 4.55. The van der Waals surface area contributed by atoms with Crippen molar-refractivity contribution >= 4 is 11.9 Å². The van der Waals surface area contributed by atoms with E-state index in [-0.39, 0.29) is 42.6 Å². The summed E-state index contributed by atoms with van der Waals surface area (Å²) in [4.78, 5) is 23.5. The Labute approximate surface area is 111 Å². The van der Waals surface area contributed by atoms with E-state index in [2.05, 4.69) is 0 Å². The molecule has 6 nitrogen and oxygen atoms in total. The van der Waals surface area contributed by atoms with Crippen LogP contribution in [-0.4, -0.2) is 48.1 Å². The summed E-state index contributed by atoms with van der Waals surface area (Å²) in [6, 6.07) is 0. The van der Waals surface area contributed by atoms with Gasteiger partial charge in [-0.15, -0.1) is 0 Å². The zero-order valence-electron chi connectivity index (χ0n) is 10.9. The fourth-order valence-corrected chi connectivity index (χ4v) is 3.01. The van der Waals surface area contributed by atoms with Gasteiger partial charge in [-0.25, -0.2) is 0 Å². The minimum Gasteiger partial charge on any atom is -0.455 e. The van der Waals surface area contributed by atoms with E-state index in [0.29, 0.717) is 6.42 Å². The average molecular weight is 270 g/mol. The van der Waals surface area contributed by atoms with Crippen molar-refractivity contribution in [3.63, 3.8) is 0 Å². The number of aliphatic hydroxyl groups excluding tert-OH is 1. The Balaban J connectivity index is 1.66. The lowest BCUT2D eigenvalue weighted by Crippen LogP contribution is -2.41. The van der Waals surface area contributed by atoms with Crippen molar-refractivity contribution < 1.29 is 28.9 Å². The number of ether oxygens (including phenoxy) is 3. The van der Waals surface area contributed by atoms with Crippen LogP contribution in [0.3, 0.4) is 0 Å². The first-order valence-electron chi connectivity index (χ1n) is 6.70. The van der Waals surface area contributed by atoms with E-state index in [1.807, 2.05) is 0 Å². The predicted octanol–water partition coefficient (Wildman–Crippen LogP) is -0.125. The minimum absolute atomic E-state index is 0.0655. The second-order valence-corrected chi connectivity index (χ2v) is 5.73. The average Bonchev–Trinajstić information content (AvgIpc) is 3.01. The zero-order valence-corrected chi connectivity index (χ0v) is 10.9. The number of hydrogen-bond acceptors (Lipinski definition) is 6. The summed E-state index contributed by atoms with van der Waals surface area (Å²) in [5.74, 6) is -1.35. The van der Waals surface area contributed by atoms with Gasteiger partial charge in [-0.05, 0) is 12.3 Å². The number of esters is 2. The molecule has 0 radical (unpaired) electrons. The molecule has 3 fully saturated rings. The fraction of sp³-hybridized carbons (Fsp3) is 0.846. The van der Waals surface area contributed by atoms with Gasteiger partial charge in [0.25, 0.3) is 0 Å². The third kappa shape index (κ3) is 1.85. The maximum atomic E-state index is 12.0. The van der Waals surface area contributed by atoms with Crippen LogP contribution in [0.25, 0.3) is 0 Å². The molecule has 3 saturated heterocycles. The Kier molecular flexibility index (Phi) is 3.02. The fourth-order valence-electron chi connectivity index (χ4n) is 3.01. The molecule has 7 unspecified atom stereocenters. The largest absolute Gasteiger partial charge is 0.455 e. The molecular weight excluding hydrogens is 252 g/mol. The molecule has 0 amide bonds. The number of carbonyl (C=O) groups is 2. The molecular formula is C13H18O6. The van der Waals surface area contributed by atoms with Crippen LogP contribution in [0.4, 0.5) is 0 Å². The lowest BCUT2D eigenvalue weighted by atomic mass is 9.88. The molecule has 1 N–H and O–H groups in total. The molecule has 3 aliphatic rings. The topological polar surface area (TPSA) is 82.1 Å². The molecule has 0 aromatic heterocycles. The van der Waals surface area contributed by atoms with Crippen molar-refractivity contribution in [2.75, 3.05) is 6.61 Å². The van der Waals surface area contributed by atoms with Crippen LogP contribution >= 0.6 is 0 Å². The first-order valence-corrected chi connectivity index (χ1v) is 6.70. The Morgan fingerprint density at radius 3 is 2.89 bits per heavy atom. The second kappa shape index (κ2) is 4.45. The summed E-state index contributed by atoms with van der Waals surface area (Å²) < 4.78 is 16.3. The smallest absolute Gasteiger partial charge is 0.312 e. The van der Waals surface area contributed by atoms with E-state index in [1.165, 1.54) is 0 Å². The maximum absolute atomic E-state index is 12.0. The van der Waals surface area contributed by atoms with Crippen molar-refractivity contribution in [3.8, 4) is 0 Å². The number of fused-ring (bicyclic) bond motifs is 1. The Morgan fingerprint density at radius 1 is 1.47 bits per heavy atom. The van der Waals surface area contributed by atoms with Crippen LogP contribution in [0.5, 0.6) is 0 Å². The molecule has 0 aromatic rings. The van der Waals surface area contributed by atoms with Gasteiger partial charge in [0.15, 0.2) is 12.2 Å². The van der Waals surface area contributed by atoms with Crippen molar-refractivity contribution in [2.24, 2.45) is 17.8 Å². The zero-order chi connectivity index (χ0) is 13.7. The van der Waals surface area contributed by atoms with E-state index < -0.39 is 18.1 Å². The summed E-state index contributed by atoms with van der Waals surface area (Å²) in [5.41, 5.74) is 0. The highest BCUT2D eigenvalue weighted by molar-refractivity contribution is 5.78. The van der Waals surface area contributed by atoms with Crippen LogP contribution in [0.1, 0.15) is 20.3 Å². The van der Waals surface area contributed by atoms with Crippen molar-refractivity contribution in [2.45, 2.75) is 44.7 Å². The summed E-state index contributed by atoms with van der Waals surface area (Å²) in [5, 5.41) is 9.06. The van der Waals surface area contributed by atoms with Gasteiger partial charge in [-0.3, -0.25) is 9.59 Å². The molecule has 3 heterocycles. The normalized spacial score (nSPS) is 42.1. The first kappa shape index (κ1) is 12.9. The van der Waals surface area contributed by atoms with Crippen molar-refractivity contribution in [3.05, 3.63) is 0 Å². The van der Waals surface area contributed by atoms with Crippen molar-refractivity contribution in [1.82, 2.24) is 0 Å². The highest BCUT2D eigenvalue weighted by Gasteiger charge is 2.65. The Bertz CT molecular complexity index is 408. The van der Waals surface area contributed by atoms with Crippen LogP contribution in [0.15, 0.2) is 0 Å². The van der Waals surface area contributed by atoms with Gasteiger partial charge in [-0.2, -0.15) is 0 Å². The molecule has 106 valence electrons. The molecule has 0 aliphatic carbocycles. The number of rotatable bonds is 4. The Morgan fingerprint density at radius 2 is 2.21 bits per heavy atom. The van der Waals surface area contributed by atoms with E-state index in [0.717, 1.165) is 0 Å². The van der Waals surface area contributed by atoms with E-state index in [9.17, 15) is 9.59 Å². The number of carbonyl (C=O) groups excluding carboxylic acids is 2. The highest BCUT2D eigenvalue weighted by Crippen LogP contribution is 2.47.